The van der Waals surface area contributed by atoms with Crippen molar-refractivity contribution in [1.29, 1.82) is 0 Å². The van der Waals surface area contributed by atoms with Crippen LogP contribution < -0.4 is 0 Å². The second-order valence-corrected chi connectivity index (χ2v) is 4.95. The highest BCUT2D eigenvalue weighted by Crippen LogP contribution is 2.25. The maximum atomic E-state index is 11.6. The Bertz CT molecular complexity index is 590. The Morgan fingerprint density at radius 1 is 1.26 bits per heavy atom. The van der Waals surface area contributed by atoms with Gasteiger partial charge >= 0.3 is 0 Å². The summed E-state index contributed by atoms with van der Waals surface area (Å²) >= 11 is 0. The SMILES string of the molecule is CC(=O)C(c1nc(-c2cccc(C)n2)no1)C(C)C. The fraction of sp³-hybridized carbons (Fsp3) is 0.429. The quantitative estimate of drug-likeness (QED) is 0.844. The lowest BCUT2D eigenvalue weighted by molar-refractivity contribution is -0.119. The average Bonchev–Trinajstić information content (AvgIpc) is 2.77. The molecule has 0 N–H and O–H groups in total. The van der Waals surface area contributed by atoms with E-state index in [1.54, 1.807) is 6.92 Å². The number of aryl methyl sites for hydroxylation is 1. The third-order valence-corrected chi connectivity index (χ3v) is 2.93. The van der Waals surface area contributed by atoms with Crippen LogP contribution in [0.5, 0.6) is 0 Å². The Morgan fingerprint density at radius 2 is 2.00 bits per heavy atom. The van der Waals surface area contributed by atoms with E-state index in [9.17, 15) is 4.79 Å². The second-order valence-electron chi connectivity index (χ2n) is 4.95. The molecule has 0 aromatic carbocycles. The van der Waals surface area contributed by atoms with E-state index in [0.29, 0.717) is 17.4 Å². The number of nitrogens with zero attached hydrogens (tertiary/aromatic N) is 3. The van der Waals surface area contributed by atoms with E-state index in [1.165, 1.54) is 0 Å². The lowest BCUT2D eigenvalue weighted by atomic mass is 9.92. The number of pyridine rings is 1. The van der Waals surface area contributed by atoms with E-state index in [1.807, 2.05) is 39.0 Å². The summed E-state index contributed by atoms with van der Waals surface area (Å²) in [7, 11) is 0. The largest absolute Gasteiger partial charge is 0.338 e. The van der Waals surface area contributed by atoms with Crippen molar-refractivity contribution in [3.8, 4) is 11.5 Å². The summed E-state index contributed by atoms with van der Waals surface area (Å²) in [5, 5.41) is 3.91. The van der Waals surface area contributed by atoms with Gasteiger partial charge in [0.15, 0.2) is 0 Å². The highest BCUT2D eigenvalue weighted by Gasteiger charge is 2.27. The van der Waals surface area contributed by atoms with Crippen molar-refractivity contribution in [2.24, 2.45) is 5.92 Å². The maximum absolute atomic E-state index is 11.6. The maximum Gasteiger partial charge on any atom is 0.237 e. The van der Waals surface area contributed by atoms with Crippen LogP contribution in [0.3, 0.4) is 0 Å². The molecule has 2 aromatic heterocycles. The van der Waals surface area contributed by atoms with Gasteiger partial charge in [0.1, 0.15) is 11.5 Å². The summed E-state index contributed by atoms with van der Waals surface area (Å²) in [5.41, 5.74) is 1.54. The molecule has 0 bridgehead atoms. The zero-order chi connectivity index (χ0) is 14.0. The number of rotatable bonds is 4. The number of Topliss-reactive ketones (excluding diaryl/α,β-unsaturated/α-hetero) is 1. The van der Waals surface area contributed by atoms with Crippen molar-refractivity contribution in [1.82, 2.24) is 15.1 Å². The molecule has 0 spiro atoms. The fourth-order valence-electron chi connectivity index (χ4n) is 2.06. The molecule has 0 aliphatic heterocycles. The molecule has 0 fully saturated rings. The van der Waals surface area contributed by atoms with Gasteiger partial charge in [-0.15, -0.1) is 0 Å². The van der Waals surface area contributed by atoms with Gasteiger partial charge in [0.2, 0.25) is 11.7 Å². The van der Waals surface area contributed by atoms with Gasteiger partial charge in [0.25, 0.3) is 0 Å². The van der Waals surface area contributed by atoms with E-state index < -0.39 is 0 Å². The minimum Gasteiger partial charge on any atom is -0.338 e. The van der Waals surface area contributed by atoms with Crippen molar-refractivity contribution in [3.05, 3.63) is 29.8 Å². The van der Waals surface area contributed by atoms with E-state index in [2.05, 4.69) is 15.1 Å². The molecule has 2 heterocycles. The molecule has 0 saturated carbocycles. The molecular weight excluding hydrogens is 242 g/mol. The zero-order valence-electron chi connectivity index (χ0n) is 11.5. The van der Waals surface area contributed by atoms with Crippen LogP contribution in [0.4, 0.5) is 0 Å². The molecule has 0 radical (unpaired) electrons. The summed E-state index contributed by atoms with van der Waals surface area (Å²) in [6, 6.07) is 5.61. The van der Waals surface area contributed by atoms with Gasteiger partial charge in [0, 0.05) is 5.69 Å². The molecule has 2 aromatic rings. The second kappa shape index (κ2) is 5.30. The number of aromatic nitrogens is 3. The molecule has 0 aliphatic rings. The van der Waals surface area contributed by atoms with Crippen molar-refractivity contribution in [2.75, 3.05) is 0 Å². The third-order valence-electron chi connectivity index (χ3n) is 2.93. The van der Waals surface area contributed by atoms with Crippen LogP contribution in [-0.2, 0) is 4.79 Å². The molecule has 0 amide bonds. The van der Waals surface area contributed by atoms with Gasteiger partial charge in [-0.05, 0) is 31.9 Å². The van der Waals surface area contributed by atoms with Gasteiger partial charge in [-0.2, -0.15) is 4.98 Å². The smallest absolute Gasteiger partial charge is 0.237 e. The lowest BCUT2D eigenvalue weighted by Crippen LogP contribution is -2.15. The van der Waals surface area contributed by atoms with Crippen LogP contribution >= 0.6 is 0 Å². The molecule has 2 rings (SSSR count). The first-order valence-electron chi connectivity index (χ1n) is 6.27. The van der Waals surface area contributed by atoms with Crippen molar-refractivity contribution >= 4 is 5.78 Å². The van der Waals surface area contributed by atoms with Crippen LogP contribution in [0.2, 0.25) is 0 Å². The Balaban J connectivity index is 2.35. The van der Waals surface area contributed by atoms with Gasteiger partial charge in [-0.25, -0.2) is 4.98 Å². The molecular formula is C14H17N3O2. The molecule has 19 heavy (non-hydrogen) atoms. The number of hydrogen-bond donors (Lipinski definition) is 0. The Morgan fingerprint density at radius 3 is 2.58 bits per heavy atom. The first kappa shape index (κ1) is 13.4. The number of carbonyl (C=O) groups excluding carboxylic acids is 1. The van der Waals surface area contributed by atoms with E-state index >= 15 is 0 Å². The van der Waals surface area contributed by atoms with Gasteiger partial charge in [-0.1, -0.05) is 25.1 Å². The number of ketones is 1. The normalized spacial score (nSPS) is 12.7. The fourth-order valence-corrected chi connectivity index (χ4v) is 2.06. The minimum absolute atomic E-state index is 0.0300. The summed E-state index contributed by atoms with van der Waals surface area (Å²) in [6.07, 6.45) is 0. The van der Waals surface area contributed by atoms with Gasteiger partial charge in [-0.3, -0.25) is 4.79 Å². The molecule has 0 saturated heterocycles. The van der Waals surface area contributed by atoms with Crippen molar-refractivity contribution < 1.29 is 9.32 Å². The third kappa shape index (κ3) is 2.86. The lowest BCUT2D eigenvalue weighted by Gasteiger charge is -2.12. The van der Waals surface area contributed by atoms with E-state index in [0.717, 1.165) is 5.69 Å². The van der Waals surface area contributed by atoms with Crippen molar-refractivity contribution in [2.45, 2.75) is 33.6 Å². The summed E-state index contributed by atoms with van der Waals surface area (Å²) in [4.78, 5) is 20.3. The molecule has 1 atom stereocenters. The van der Waals surface area contributed by atoms with Crippen LogP contribution in [0.25, 0.3) is 11.5 Å². The monoisotopic (exact) mass is 259 g/mol. The minimum atomic E-state index is -0.356. The Hall–Kier alpha value is -2.04. The molecule has 5 heteroatoms. The number of carbonyl (C=O) groups is 1. The standard InChI is InChI=1S/C14H17N3O2/c1-8(2)12(10(4)18)14-16-13(17-19-14)11-7-5-6-9(3)15-11/h5-8,12H,1-4H3. The van der Waals surface area contributed by atoms with E-state index in [-0.39, 0.29) is 17.6 Å². The first-order valence-corrected chi connectivity index (χ1v) is 6.27. The molecule has 1 unspecified atom stereocenters. The van der Waals surface area contributed by atoms with Crippen molar-refractivity contribution in [3.63, 3.8) is 0 Å². The van der Waals surface area contributed by atoms with Gasteiger partial charge in [0.05, 0.1) is 5.92 Å². The first-order chi connectivity index (χ1) is 8.99. The van der Waals surface area contributed by atoms with Gasteiger partial charge < -0.3 is 4.52 Å². The molecule has 100 valence electrons. The van der Waals surface area contributed by atoms with Crippen LogP contribution in [0, 0.1) is 12.8 Å². The van der Waals surface area contributed by atoms with Crippen LogP contribution in [-0.4, -0.2) is 20.9 Å². The predicted molar refractivity (Wildman–Crippen MR) is 70.5 cm³/mol. The molecule has 5 nitrogen and oxygen atoms in total. The van der Waals surface area contributed by atoms with Crippen LogP contribution in [0.15, 0.2) is 22.7 Å². The zero-order valence-corrected chi connectivity index (χ0v) is 11.5. The summed E-state index contributed by atoms with van der Waals surface area (Å²) in [5.74, 6) is 0.580. The van der Waals surface area contributed by atoms with Crippen LogP contribution in [0.1, 0.15) is 38.3 Å². The Labute approximate surface area is 112 Å². The van der Waals surface area contributed by atoms with E-state index in [4.69, 9.17) is 4.52 Å². The predicted octanol–water partition coefficient (Wildman–Crippen LogP) is 2.77. The average molecular weight is 259 g/mol. The summed E-state index contributed by atoms with van der Waals surface area (Å²) < 4.78 is 5.22. The molecule has 0 aliphatic carbocycles. The Kier molecular flexibility index (Phi) is 3.74. The highest BCUT2D eigenvalue weighted by atomic mass is 16.5. The number of hydrogen-bond acceptors (Lipinski definition) is 5. The highest BCUT2D eigenvalue weighted by molar-refractivity contribution is 5.82. The topological polar surface area (TPSA) is 68.9 Å². The summed E-state index contributed by atoms with van der Waals surface area (Å²) in [6.45, 7) is 7.36.